The van der Waals surface area contributed by atoms with Crippen LogP contribution < -0.4 is 4.74 Å². The summed E-state index contributed by atoms with van der Waals surface area (Å²) in [5, 5.41) is 2.24. The highest BCUT2D eigenvalue weighted by Crippen LogP contribution is 2.21. The zero-order valence-corrected chi connectivity index (χ0v) is 11.5. The van der Waals surface area contributed by atoms with Gasteiger partial charge in [-0.15, -0.1) is 11.8 Å². The molecular weight excluding hydrogens is 296 g/mol. The molecule has 0 unspecified atom stereocenters. The van der Waals surface area contributed by atoms with Gasteiger partial charge in [0.2, 0.25) is 0 Å². The number of hydrogen-bond donors (Lipinski definition) is 0. The SMILES string of the molecule is CCCS/C=C(/Cl)Oc1ccc(Br)cc1. The van der Waals surface area contributed by atoms with Gasteiger partial charge in [-0.25, -0.2) is 0 Å². The van der Waals surface area contributed by atoms with Crippen molar-refractivity contribution < 1.29 is 4.74 Å². The molecule has 0 fully saturated rings. The second kappa shape index (κ2) is 7.20. The molecule has 0 saturated carbocycles. The molecule has 82 valence electrons. The van der Waals surface area contributed by atoms with Gasteiger partial charge in [0.05, 0.1) is 0 Å². The Labute approximate surface area is 108 Å². The fourth-order valence-electron chi connectivity index (χ4n) is 0.882. The lowest BCUT2D eigenvalue weighted by molar-refractivity contribution is 0.464. The first-order chi connectivity index (χ1) is 7.22. The maximum absolute atomic E-state index is 5.90. The predicted octanol–water partition coefficient (Wildman–Crippen LogP) is 5.01. The van der Waals surface area contributed by atoms with Gasteiger partial charge in [0.25, 0.3) is 0 Å². The Morgan fingerprint density at radius 2 is 2.13 bits per heavy atom. The van der Waals surface area contributed by atoms with Crippen LogP contribution in [0.5, 0.6) is 5.75 Å². The molecule has 0 radical (unpaired) electrons. The normalized spacial score (nSPS) is 11.5. The topological polar surface area (TPSA) is 9.23 Å². The van der Waals surface area contributed by atoms with Crippen molar-refractivity contribution in [3.05, 3.63) is 39.4 Å². The van der Waals surface area contributed by atoms with E-state index in [1.807, 2.05) is 29.7 Å². The summed E-state index contributed by atoms with van der Waals surface area (Å²) >= 11 is 10.9. The highest BCUT2D eigenvalue weighted by molar-refractivity contribution is 9.10. The Kier molecular flexibility index (Phi) is 6.22. The third-order valence-electron chi connectivity index (χ3n) is 1.53. The summed E-state index contributed by atoms with van der Waals surface area (Å²) in [6, 6.07) is 7.56. The van der Waals surface area contributed by atoms with Crippen molar-refractivity contribution in [3.63, 3.8) is 0 Å². The Morgan fingerprint density at radius 1 is 1.47 bits per heavy atom. The molecule has 0 aromatic heterocycles. The Balaban J connectivity index is 2.47. The molecule has 4 heteroatoms. The van der Waals surface area contributed by atoms with Gasteiger partial charge in [-0.1, -0.05) is 22.9 Å². The number of benzene rings is 1. The Bertz CT molecular complexity index is 324. The van der Waals surface area contributed by atoms with Gasteiger partial charge >= 0.3 is 0 Å². The van der Waals surface area contributed by atoms with E-state index in [1.54, 1.807) is 11.8 Å². The summed E-state index contributed by atoms with van der Waals surface area (Å²) in [4.78, 5) is 0. The fourth-order valence-corrected chi connectivity index (χ4v) is 1.96. The van der Waals surface area contributed by atoms with Gasteiger partial charge in [-0.3, -0.25) is 0 Å². The average molecular weight is 308 g/mol. The van der Waals surface area contributed by atoms with Crippen LogP contribution in [-0.4, -0.2) is 5.75 Å². The minimum atomic E-state index is 0.413. The maximum Gasteiger partial charge on any atom is 0.200 e. The van der Waals surface area contributed by atoms with Crippen LogP contribution in [0.4, 0.5) is 0 Å². The highest BCUT2D eigenvalue weighted by Gasteiger charge is 1.96. The monoisotopic (exact) mass is 306 g/mol. The van der Waals surface area contributed by atoms with Crippen LogP contribution in [0.25, 0.3) is 0 Å². The average Bonchev–Trinajstić information content (AvgIpc) is 2.22. The molecule has 0 bridgehead atoms. The standard InChI is InChI=1S/C11H12BrClOS/c1-2-7-15-8-11(13)14-10-5-3-9(12)4-6-10/h3-6,8H,2,7H2,1H3/b11-8-. The van der Waals surface area contributed by atoms with Gasteiger partial charge < -0.3 is 4.74 Å². The van der Waals surface area contributed by atoms with Crippen molar-refractivity contribution in [2.45, 2.75) is 13.3 Å². The zero-order chi connectivity index (χ0) is 11.1. The van der Waals surface area contributed by atoms with Crippen molar-refractivity contribution in [2.24, 2.45) is 0 Å². The molecule has 0 spiro atoms. The van der Waals surface area contributed by atoms with Crippen LogP contribution in [0.1, 0.15) is 13.3 Å². The second-order valence-corrected chi connectivity index (χ2v) is 5.11. The molecule has 0 saturated heterocycles. The van der Waals surface area contributed by atoms with Crippen LogP contribution in [0.2, 0.25) is 0 Å². The summed E-state index contributed by atoms with van der Waals surface area (Å²) in [6.07, 6.45) is 1.13. The molecule has 0 aliphatic carbocycles. The molecule has 0 heterocycles. The predicted molar refractivity (Wildman–Crippen MR) is 71.5 cm³/mol. The fraction of sp³-hybridized carbons (Fsp3) is 0.273. The molecule has 0 amide bonds. The first-order valence-electron chi connectivity index (χ1n) is 4.63. The van der Waals surface area contributed by atoms with Crippen LogP contribution >= 0.6 is 39.3 Å². The third-order valence-corrected chi connectivity index (χ3v) is 3.40. The highest BCUT2D eigenvalue weighted by atomic mass is 79.9. The van der Waals surface area contributed by atoms with E-state index in [-0.39, 0.29) is 0 Å². The van der Waals surface area contributed by atoms with Crippen LogP contribution in [0, 0.1) is 0 Å². The van der Waals surface area contributed by atoms with E-state index in [2.05, 4.69) is 22.9 Å². The molecule has 0 atom stereocenters. The summed E-state index contributed by atoms with van der Waals surface area (Å²) in [5.74, 6) is 1.80. The van der Waals surface area contributed by atoms with Crippen molar-refractivity contribution in [1.29, 1.82) is 0 Å². The summed E-state index contributed by atoms with van der Waals surface area (Å²) in [7, 11) is 0. The lowest BCUT2D eigenvalue weighted by Gasteiger charge is -2.03. The van der Waals surface area contributed by atoms with Crippen molar-refractivity contribution >= 4 is 39.3 Å². The summed E-state index contributed by atoms with van der Waals surface area (Å²) in [6.45, 7) is 2.13. The largest absolute Gasteiger partial charge is 0.445 e. The lowest BCUT2D eigenvalue weighted by Crippen LogP contribution is -1.87. The summed E-state index contributed by atoms with van der Waals surface area (Å²) in [5.41, 5.74) is 0. The van der Waals surface area contributed by atoms with Gasteiger partial charge in [0.15, 0.2) is 5.22 Å². The molecule has 0 N–H and O–H groups in total. The van der Waals surface area contributed by atoms with E-state index in [4.69, 9.17) is 16.3 Å². The van der Waals surface area contributed by atoms with Gasteiger partial charge in [-0.2, -0.15) is 0 Å². The minimum absolute atomic E-state index is 0.413. The lowest BCUT2D eigenvalue weighted by atomic mass is 10.3. The molecule has 0 aliphatic rings. The minimum Gasteiger partial charge on any atom is -0.445 e. The second-order valence-electron chi connectivity index (χ2n) is 2.85. The number of halogens is 2. The molecule has 1 nitrogen and oxygen atoms in total. The van der Waals surface area contributed by atoms with Gasteiger partial charge in [0, 0.05) is 9.88 Å². The van der Waals surface area contributed by atoms with Crippen LogP contribution in [-0.2, 0) is 0 Å². The quantitative estimate of drug-likeness (QED) is 0.558. The van der Waals surface area contributed by atoms with Crippen LogP contribution in [0.3, 0.4) is 0 Å². The molecular formula is C11H12BrClOS. The smallest absolute Gasteiger partial charge is 0.200 e. The Morgan fingerprint density at radius 3 is 2.73 bits per heavy atom. The van der Waals surface area contributed by atoms with E-state index in [1.165, 1.54) is 0 Å². The van der Waals surface area contributed by atoms with Crippen molar-refractivity contribution in [1.82, 2.24) is 0 Å². The van der Waals surface area contributed by atoms with Gasteiger partial charge in [0.1, 0.15) is 5.75 Å². The van der Waals surface area contributed by atoms with Crippen molar-refractivity contribution in [3.8, 4) is 5.75 Å². The number of thioether (sulfide) groups is 1. The molecule has 1 rings (SSSR count). The van der Waals surface area contributed by atoms with Crippen LogP contribution in [0.15, 0.2) is 39.4 Å². The van der Waals surface area contributed by atoms with E-state index < -0.39 is 0 Å². The van der Waals surface area contributed by atoms with Gasteiger partial charge in [-0.05, 0) is 48.0 Å². The van der Waals surface area contributed by atoms with E-state index >= 15 is 0 Å². The number of rotatable bonds is 5. The molecule has 0 aliphatic heterocycles. The first kappa shape index (κ1) is 12.9. The number of hydrogen-bond acceptors (Lipinski definition) is 2. The maximum atomic E-state index is 5.90. The van der Waals surface area contributed by atoms with E-state index in [9.17, 15) is 0 Å². The Hall–Kier alpha value is -0.120. The zero-order valence-electron chi connectivity index (χ0n) is 8.37. The molecule has 1 aromatic carbocycles. The summed E-state index contributed by atoms with van der Waals surface area (Å²) < 4.78 is 6.42. The first-order valence-corrected chi connectivity index (χ1v) is 6.85. The third kappa shape index (κ3) is 5.50. The number of ether oxygens (including phenoxy) is 1. The molecule has 15 heavy (non-hydrogen) atoms. The van der Waals surface area contributed by atoms with E-state index in [0.717, 1.165) is 22.4 Å². The van der Waals surface area contributed by atoms with Crippen molar-refractivity contribution in [2.75, 3.05) is 5.75 Å². The van der Waals surface area contributed by atoms with E-state index in [0.29, 0.717) is 5.22 Å². The molecule has 1 aromatic rings.